The Balaban J connectivity index is 1.72. The molecule has 0 aliphatic heterocycles. The minimum absolute atomic E-state index is 0.0633. The largest absolute Gasteiger partial charge is 0.416 e. The van der Waals surface area contributed by atoms with Crippen molar-refractivity contribution >= 4 is 21.8 Å². The summed E-state index contributed by atoms with van der Waals surface area (Å²) in [7, 11) is -4.47. The minimum Gasteiger partial charge on any atom is -0.379 e. The lowest BCUT2D eigenvalue weighted by atomic mass is 10.2. The molecule has 3 rings (SSSR count). The molecule has 35 heavy (non-hydrogen) atoms. The number of para-hydroxylation sites is 1. The number of amides is 2. The second-order valence-electron chi connectivity index (χ2n) is 8.17. The van der Waals surface area contributed by atoms with Gasteiger partial charge in [0, 0.05) is 18.3 Å². The molecule has 3 aromatic rings. The standard InChI is InChI=1S/C25H25F3N2O4S/c1-17(2)30(24(31)29-23-10-5-4-7-18(23)3)16-19-11-13-21(14-12-19)34-35(32,33)22-9-6-8-20(15-22)25(26,27)28/h4-15,17H,16H2,1-3H3,(H,29,31). The normalized spacial score (nSPS) is 11.9. The van der Waals surface area contributed by atoms with E-state index in [0.29, 0.717) is 17.3 Å². The number of anilines is 1. The van der Waals surface area contributed by atoms with Crippen LogP contribution in [0.3, 0.4) is 0 Å². The van der Waals surface area contributed by atoms with Gasteiger partial charge < -0.3 is 14.4 Å². The second-order valence-corrected chi connectivity index (χ2v) is 9.72. The zero-order chi connectivity index (χ0) is 25.8. The fourth-order valence-electron chi connectivity index (χ4n) is 3.24. The number of carbonyl (C=O) groups excluding carboxylic acids is 1. The van der Waals surface area contributed by atoms with Crippen molar-refractivity contribution in [2.24, 2.45) is 0 Å². The number of hydrogen-bond donors (Lipinski definition) is 1. The second kappa shape index (κ2) is 10.4. The summed E-state index contributed by atoms with van der Waals surface area (Å²) < 4.78 is 68.7. The van der Waals surface area contributed by atoms with Crippen LogP contribution in [-0.2, 0) is 22.8 Å². The lowest BCUT2D eigenvalue weighted by molar-refractivity contribution is -0.137. The Kier molecular flexibility index (Phi) is 7.74. The number of carbonyl (C=O) groups is 1. The molecule has 0 aliphatic rings. The first kappa shape index (κ1) is 26.1. The third kappa shape index (κ3) is 6.75. The predicted molar refractivity (Wildman–Crippen MR) is 127 cm³/mol. The van der Waals surface area contributed by atoms with Gasteiger partial charge in [0.15, 0.2) is 0 Å². The molecular formula is C25H25F3N2O4S. The lowest BCUT2D eigenvalue weighted by Crippen LogP contribution is -2.39. The Hall–Kier alpha value is -3.53. The van der Waals surface area contributed by atoms with E-state index in [1.807, 2.05) is 45.0 Å². The maximum Gasteiger partial charge on any atom is 0.416 e. The number of hydrogen-bond acceptors (Lipinski definition) is 4. The number of benzene rings is 3. The number of alkyl halides is 3. The molecule has 0 bridgehead atoms. The summed E-state index contributed by atoms with van der Waals surface area (Å²) in [6.45, 7) is 5.88. The summed E-state index contributed by atoms with van der Waals surface area (Å²) in [5, 5.41) is 2.89. The zero-order valence-electron chi connectivity index (χ0n) is 19.3. The molecule has 10 heteroatoms. The lowest BCUT2D eigenvalue weighted by Gasteiger charge is -2.27. The zero-order valence-corrected chi connectivity index (χ0v) is 20.2. The topological polar surface area (TPSA) is 75.7 Å². The molecule has 0 heterocycles. The van der Waals surface area contributed by atoms with Crippen molar-refractivity contribution in [3.05, 3.63) is 89.5 Å². The van der Waals surface area contributed by atoms with Crippen LogP contribution in [-0.4, -0.2) is 25.4 Å². The molecule has 6 nitrogen and oxygen atoms in total. The van der Waals surface area contributed by atoms with Crippen LogP contribution < -0.4 is 9.50 Å². The van der Waals surface area contributed by atoms with Crippen LogP contribution in [0.2, 0.25) is 0 Å². The fraction of sp³-hybridized carbons (Fsp3) is 0.240. The van der Waals surface area contributed by atoms with Gasteiger partial charge in [0.05, 0.1) is 5.56 Å². The summed E-state index contributed by atoms with van der Waals surface area (Å²) in [6, 6.07) is 16.3. The van der Waals surface area contributed by atoms with Crippen molar-refractivity contribution in [1.82, 2.24) is 4.90 Å². The minimum atomic E-state index is -4.68. The molecule has 0 saturated heterocycles. The number of halogens is 3. The quantitative estimate of drug-likeness (QED) is 0.386. The first-order valence-electron chi connectivity index (χ1n) is 10.7. The summed E-state index contributed by atoms with van der Waals surface area (Å²) >= 11 is 0. The maximum atomic E-state index is 12.9. The molecule has 0 atom stereocenters. The van der Waals surface area contributed by atoms with Crippen molar-refractivity contribution in [3.63, 3.8) is 0 Å². The molecule has 0 saturated carbocycles. The molecule has 1 N–H and O–H groups in total. The van der Waals surface area contributed by atoms with E-state index in [4.69, 9.17) is 4.18 Å². The number of nitrogens with one attached hydrogen (secondary N) is 1. The van der Waals surface area contributed by atoms with Crippen LogP contribution in [0, 0.1) is 6.92 Å². The first-order chi connectivity index (χ1) is 16.4. The van der Waals surface area contributed by atoms with Crippen LogP contribution in [0.15, 0.2) is 77.7 Å². The molecule has 186 valence electrons. The Morgan fingerprint density at radius 1 is 1.00 bits per heavy atom. The monoisotopic (exact) mass is 506 g/mol. The van der Waals surface area contributed by atoms with Gasteiger partial charge in [0.2, 0.25) is 0 Å². The van der Waals surface area contributed by atoms with Crippen molar-refractivity contribution < 1.29 is 30.6 Å². The van der Waals surface area contributed by atoms with Gasteiger partial charge in [-0.2, -0.15) is 21.6 Å². The summed E-state index contributed by atoms with van der Waals surface area (Å²) in [5.41, 5.74) is 1.25. The van der Waals surface area contributed by atoms with Crippen LogP contribution in [0.1, 0.15) is 30.5 Å². The van der Waals surface area contributed by atoms with Gasteiger partial charge in [-0.3, -0.25) is 0 Å². The summed E-state index contributed by atoms with van der Waals surface area (Å²) in [6.07, 6.45) is -4.68. The van der Waals surface area contributed by atoms with Gasteiger partial charge >= 0.3 is 22.3 Å². The molecule has 0 radical (unpaired) electrons. The molecule has 0 aromatic heterocycles. The van der Waals surface area contributed by atoms with E-state index in [1.54, 1.807) is 17.0 Å². The van der Waals surface area contributed by atoms with E-state index in [1.165, 1.54) is 12.1 Å². The highest BCUT2D eigenvalue weighted by atomic mass is 32.2. The van der Waals surface area contributed by atoms with E-state index < -0.39 is 26.8 Å². The van der Waals surface area contributed by atoms with Crippen LogP contribution in [0.5, 0.6) is 5.75 Å². The van der Waals surface area contributed by atoms with Gasteiger partial charge in [-0.05, 0) is 68.3 Å². The predicted octanol–water partition coefficient (Wildman–Crippen LogP) is 6.22. The van der Waals surface area contributed by atoms with Gasteiger partial charge in [-0.1, -0.05) is 36.4 Å². The summed E-state index contributed by atoms with van der Waals surface area (Å²) in [5.74, 6) is -0.0633. The molecule has 0 aliphatic carbocycles. The number of rotatable bonds is 7. The average molecular weight is 507 g/mol. The highest BCUT2D eigenvalue weighted by Gasteiger charge is 2.32. The van der Waals surface area contributed by atoms with Crippen molar-refractivity contribution in [2.75, 3.05) is 5.32 Å². The molecule has 2 amide bonds. The van der Waals surface area contributed by atoms with E-state index in [0.717, 1.165) is 23.8 Å². The van der Waals surface area contributed by atoms with Crippen molar-refractivity contribution in [2.45, 2.75) is 44.4 Å². The van der Waals surface area contributed by atoms with E-state index in [9.17, 15) is 26.4 Å². The van der Waals surface area contributed by atoms with Gasteiger partial charge in [0.25, 0.3) is 0 Å². The third-order valence-corrected chi connectivity index (χ3v) is 6.45. The summed E-state index contributed by atoms with van der Waals surface area (Å²) in [4.78, 5) is 13.9. The van der Waals surface area contributed by atoms with Crippen LogP contribution in [0.4, 0.5) is 23.7 Å². The Morgan fingerprint density at radius 2 is 1.66 bits per heavy atom. The third-order valence-electron chi connectivity index (χ3n) is 5.20. The number of nitrogens with zero attached hydrogens (tertiary/aromatic N) is 1. The molecular weight excluding hydrogens is 481 g/mol. The molecule has 0 unspecified atom stereocenters. The number of aryl methyl sites for hydroxylation is 1. The van der Waals surface area contributed by atoms with Gasteiger partial charge in [-0.25, -0.2) is 4.79 Å². The first-order valence-corrected chi connectivity index (χ1v) is 12.1. The van der Waals surface area contributed by atoms with E-state index in [2.05, 4.69) is 5.32 Å². The van der Waals surface area contributed by atoms with Crippen molar-refractivity contribution in [3.8, 4) is 5.75 Å². The van der Waals surface area contributed by atoms with Crippen LogP contribution in [0.25, 0.3) is 0 Å². The highest BCUT2D eigenvalue weighted by Crippen LogP contribution is 2.31. The average Bonchev–Trinajstić information content (AvgIpc) is 2.79. The maximum absolute atomic E-state index is 12.9. The Morgan fingerprint density at radius 3 is 2.26 bits per heavy atom. The van der Waals surface area contributed by atoms with E-state index >= 15 is 0 Å². The molecule has 0 fully saturated rings. The Bertz CT molecular complexity index is 1290. The molecule has 0 spiro atoms. The fourth-order valence-corrected chi connectivity index (χ4v) is 4.22. The van der Waals surface area contributed by atoms with Gasteiger partial charge in [-0.15, -0.1) is 0 Å². The number of urea groups is 1. The van der Waals surface area contributed by atoms with Gasteiger partial charge in [0.1, 0.15) is 10.6 Å². The molecule has 3 aromatic carbocycles. The van der Waals surface area contributed by atoms with Crippen molar-refractivity contribution in [1.29, 1.82) is 0 Å². The smallest absolute Gasteiger partial charge is 0.379 e. The van der Waals surface area contributed by atoms with Crippen LogP contribution >= 0.6 is 0 Å². The highest BCUT2D eigenvalue weighted by molar-refractivity contribution is 7.87. The SMILES string of the molecule is Cc1ccccc1NC(=O)N(Cc1ccc(OS(=O)(=O)c2cccc(C(F)(F)F)c2)cc1)C(C)C. The van der Waals surface area contributed by atoms with E-state index in [-0.39, 0.29) is 24.4 Å². The Labute approximate surface area is 202 Å².